The van der Waals surface area contributed by atoms with Gasteiger partial charge in [-0.15, -0.1) is 0 Å². The first-order valence-corrected chi connectivity index (χ1v) is 10.4. The molecule has 4 aliphatic rings. The predicted octanol–water partition coefficient (Wildman–Crippen LogP) is 1.15. The van der Waals surface area contributed by atoms with E-state index < -0.39 is 35.1 Å². The highest BCUT2D eigenvalue weighted by atomic mass is 16.5. The molecule has 2 saturated heterocycles. The van der Waals surface area contributed by atoms with Crippen molar-refractivity contribution < 1.29 is 23.6 Å². The van der Waals surface area contributed by atoms with Crippen LogP contribution in [0.5, 0.6) is 0 Å². The fraction of sp³-hybridized carbons (Fsp3) is 0.619. The molecule has 4 heterocycles. The van der Waals surface area contributed by atoms with E-state index in [0.29, 0.717) is 11.6 Å². The lowest BCUT2D eigenvalue weighted by Gasteiger charge is -2.34. The lowest BCUT2D eigenvalue weighted by Crippen LogP contribution is -2.58. The van der Waals surface area contributed by atoms with Crippen LogP contribution in [0.25, 0.3) is 0 Å². The van der Waals surface area contributed by atoms with Gasteiger partial charge in [-0.25, -0.2) is 0 Å². The number of rotatable bonds is 4. The van der Waals surface area contributed by atoms with E-state index in [2.05, 4.69) is 15.8 Å². The SMILES string of the molecule is Cc1cc(NC(=O)[C@H]2[C@H]3C(=O)N(C4CC4)[C@H](C(=O)NC(C)(C)C)[C@@]34C=C[C@H]2O4)no1. The fourth-order valence-electron chi connectivity index (χ4n) is 5.03. The zero-order chi connectivity index (χ0) is 21.4. The molecule has 2 bridgehead atoms. The predicted molar refractivity (Wildman–Crippen MR) is 105 cm³/mol. The molecule has 0 aromatic carbocycles. The fourth-order valence-corrected chi connectivity index (χ4v) is 5.03. The van der Waals surface area contributed by atoms with Gasteiger partial charge in [-0.05, 0) is 40.5 Å². The molecule has 5 atom stereocenters. The van der Waals surface area contributed by atoms with E-state index in [0.717, 1.165) is 12.8 Å². The Labute approximate surface area is 174 Å². The third kappa shape index (κ3) is 2.79. The van der Waals surface area contributed by atoms with Gasteiger partial charge in [0.2, 0.25) is 17.7 Å². The zero-order valence-corrected chi connectivity index (χ0v) is 17.5. The Morgan fingerprint density at radius 1 is 1.27 bits per heavy atom. The number of hydrogen-bond acceptors (Lipinski definition) is 6. The molecular formula is C21H26N4O5. The summed E-state index contributed by atoms with van der Waals surface area (Å²) >= 11 is 0. The second-order valence-corrected chi connectivity index (χ2v) is 9.73. The van der Waals surface area contributed by atoms with Crippen molar-refractivity contribution in [3.63, 3.8) is 0 Å². The maximum Gasteiger partial charge on any atom is 0.246 e. The minimum absolute atomic E-state index is 0.0196. The molecule has 2 N–H and O–H groups in total. The summed E-state index contributed by atoms with van der Waals surface area (Å²) in [5, 5.41) is 9.54. The maximum absolute atomic E-state index is 13.5. The number of aromatic nitrogens is 1. The maximum atomic E-state index is 13.5. The Morgan fingerprint density at radius 3 is 2.60 bits per heavy atom. The van der Waals surface area contributed by atoms with Gasteiger partial charge in [0.15, 0.2) is 5.82 Å². The Morgan fingerprint density at radius 2 is 2.00 bits per heavy atom. The van der Waals surface area contributed by atoms with Gasteiger partial charge in [-0.2, -0.15) is 0 Å². The normalized spacial score (nSPS) is 34.4. The molecule has 9 heteroatoms. The highest BCUT2D eigenvalue weighted by Crippen LogP contribution is 2.57. The van der Waals surface area contributed by atoms with Gasteiger partial charge in [0.1, 0.15) is 17.4 Å². The molecular weight excluding hydrogens is 388 g/mol. The molecule has 3 aliphatic heterocycles. The number of nitrogens with one attached hydrogen (secondary N) is 2. The van der Waals surface area contributed by atoms with Crippen LogP contribution in [0.2, 0.25) is 0 Å². The number of carbonyl (C=O) groups excluding carboxylic acids is 3. The van der Waals surface area contributed by atoms with Crippen LogP contribution in [0.15, 0.2) is 22.7 Å². The number of anilines is 1. The molecule has 1 spiro atoms. The van der Waals surface area contributed by atoms with Crippen LogP contribution < -0.4 is 10.6 Å². The Bertz CT molecular complexity index is 959. The summed E-state index contributed by atoms with van der Waals surface area (Å²) in [5.41, 5.74) is -1.58. The number of amides is 3. The van der Waals surface area contributed by atoms with Crippen molar-refractivity contribution in [2.75, 3.05) is 5.32 Å². The van der Waals surface area contributed by atoms with Crippen molar-refractivity contribution in [2.45, 2.75) is 69.9 Å². The zero-order valence-electron chi connectivity index (χ0n) is 17.5. The summed E-state index contributed by atoms with van der Waals surface area (Å²) in [6.45, 7) is 7.43. The lowest BCUT2D eigenvalue weighted by molar-refractivity contribution is -0.142. The number of fused-ring (bicyclic) bond motifs is 1. The lowest BCUT2D eigenvalue weighted by atomic mass is 9.74. The minimum Gasteiger partial charge on any atom is -0.360 e. The van der Waals surface area contributed by atoms with E-state index in [9.17, 15) is 14.4 Å². The summed E-state index contributed by atoms with van der Waals surface area (Å²) in [6.07, 6.45) is 4.78. The number of carbonyl (C=O) groups is 3. The highest BCUT2D eigenvalue weighted by Gasteiger charge is 2.74. The molecule has 0 unspecified atom stereocenters. The van der Waals surface area contributed by atoms with Crippen LogP contribution in [0.3, 0.4) is 0 Å². The summed E-state index contributed by atoms with van der Waals surface area (Å²) in [6, 6.07) is 0.852. The van der Waals surface area contributed by atoms with Crippen molar-refractivity contribution in [3.05, 3.63) is 24.0 Å². The molecule has 3 amide bonds. The quantitative estimate of drug-likeness (QED) is 0.715. The van der Waals surface area contributed by atoms with E-state index in [1.165, 1.54) is 0 Å². The Balaban J connectivity index is 1.48. The summed E-state index contributed by atoms with van der Waals surface area (Å²) in [7, 11) is 0. The van der Waals surface area contributed by atoms with Crippen molar-refractivity contribution in [1.29, 1.82) is 0 Å². The minimum atomic E-state index is -1.12. The average molecular weight is 414 g/mol. The summed E-state index contributed by atoms with van der Waals surface area (Å²) in [4.78, 5) is 41.6. The van der Waals surface area contributed by atoms with Crippen LogP contribution in [0.1, 0.15) is 39.4 Å². The van der Waals surface area contributed by atoms with Crippen LogP contribution >= 0.6 is 0 Å². The molecule has 30 heavy (non-hydrogen) atoms. The molecule has 1 aromatic heterocycles. The van der Waals surface area contributed by atoms with Crippen LogP contribution in [0.4, 0.5) is 5.82 Å². The molecule has 0 radical (unpaired) electrons. The standard InChI is InChI=1S/C21H26N4O5/c1-10-9-13(24-30-10)22-17(26)14-12-7-8-21(29-12)15(14)19(28)25(11-5-6-11)16(21)18(27)23-20(2,3)4/h7-9,11-12,14-16H,5-6H2,1-4H3,(H,23,27)(H,22,24,26)/t12-,14-,15+,16-,21-/m1/s1. The van der Waals surface area contributed by atoms with Crippen molar-refractivity contribution in [3.8, 4) is 0 Å². The summed E-state index contributed by atoms with van der Waals surface area (Å²) in [5.74, 6) is -1.39. The van der Waals surface area contributed by atoms with Crippen LogP contribution in [-0.4, -0.2) is 57.1 Å². The van der Waals surface area contributed by atoms with Crippen LogP contribution in [-0.2, 0) is 19.1 Å². The number of ether oxygens (including phenoxy) is 1. The first-order valence-electron chi connectivity index (χ1n) is 10.4. The molecule has 1 aliphatic carbocycles. The molecule has 1 saturated carbocycles. The monoisotopic (exact) mass is 414 g/mol. The van der Waals surface area contributed by atoms with Gasteiger partial charge >= 0.3 is 0 Å². The second kappa shape index (κ2) is 6.16. The second-order valence-electron chi connectivity index (χ2n) is 9.73. The third-order valence-corrected chi connectivity index (χ3v) is 6.18. The largest absolute Gasteiger partial charge is 0.360 e. The average Bonchev–Trinajstić information content (AvgIpc) is 3.01. The van der Waals surface area contributed by atoms with E-state index in [-0.39, 0.29) is 23.8 Å². The molecule has 3 fully saturated rings. The number of hydrogen-bond donors (Lipinski definition) is 2. The number of nitrogens with zero attached hydrogens (tertiary/aromatic N) is 2. The molecule has 1 aromatic rings. The van der Waals surface area contributed by atoms with Gasteiger partial charge in [0.05, 0.1) is 17.9 Å². The number of likely N-dealkylation sites (tertiary alicyclic amines) is 1. The van der Waals surface area contributed by atoms with Crippen molar-refractivity contribution in [2.24, 2.45) is 11.8 Å². The van der Waals surface area contributed by atoms with Gasteiger partial charge in [0.25, 0.3) is 0 Å². The molecule has 9 nitrogen and oxygen atoms in total. The third-order valence-electron chi connectivity index (χ3n) is 6.18. The highest BCUT2D eigenvalue weighted by molar-refractivity contribution is 6.02. The molecule has 5 rings (SSSR count). The van der Waals surface area contributed by atoms with E-state index in [4.69, 9.17) is 9.26 Å². The topological polar surface area (TPSA) is 114 Å². The van der Waals surface area contributed by atoms with Gasteiger partial charge in [0, 0.05) is 17.6 Å². The van der Waals surface area contributed by atoms with Crippen molar-refractivity contribution >= 4 is 23.5 Å². The smallest absolute Gasteiger partial charge is 0.246 e. The van der Waals surface area contributed by atoms with Crippen molar-refractivity contribution in [1.82, 2.24) is 15.4 Å². The van der Waals surface area contributed by atoms with Gasteiger partial charge in [-0.1, -0.05) is 17.3 Å². The number of aryl methyl sites for hydroxylation is 1. The van der Waals surface area contributed by atoms with E-state index in [1.54, 1.807) is 24.0 Å². The van der Waals surface area contributed by atoms with Gasteiger partial charge in [-0.3, -0.25) is 14.4 Å². The first kappa shape index (κ1) is 19.3. The van der Waals surface area contributed by atoms with Gasteiger partial charge < -0.3 is 24.8 Å². The Hall–Kier alpha value is -2.68. The first-order chi connectivity index (χ1) is 14.1. The summed E-state index contributed by atoms with van der Waals surface area (Å²) < 4.78 is 11.3. The molecule has 160 valence electrons. The van der Waals surface area contributed by atoms with Crippen LogP contribution in [0, 0.1) is 18.8 Å². The van der Waals surface area contributed by atoms with E-state index in [1.807, 2.05) is 26.8 Å². The Kier molecular flexibility index (Phi) is 3.96. The van der Waals surface area contributed by atoms with E-state index >= 15 is 0 Å².